The minimum atomic E-state index is -0.0275. The van der Waals surface area contributed by atoms with E-state index in [1.165, 1.54) is 0 Å². The molecular weight excluding hydrogens is 338 g/mol. The van der Waals surface area contributed by atoms with Gasteiger partial charge in [0.05, 0.1) is 6.61 Å². The van der Waals surface area contributed by atoms with Gasteiger partial charge >= 0.3 is 0 Å². The van der Waals surface area contributed by atoms with Gasteiger partial charge in [0.1, 0.15) is 0 Å². The van der Waals surface area contributed by atoms with E-state index in [1.54, 1.807) is 40.7 Å². The number of halogens is 1. The Kier molecular flexibility index (Phi) is 6.08. The fourth-order valence-electron chi connectivity index (χ4n) is 1.65. The number of benzene rings is 1. The van der Waals surface area contributed by atoms with E-state index in [0.29, 0.717) is 23.6 Å². The number of ketones is 1. The molecule has 0 radical (unpaired) electrons. The number of carbonyl (C=O) groups is 1. The molecule has 0 aliphatic heterocycles. The van der Waals surface area contributed by atoms with Crippen LogP contribution in [0.5, 0.6) is 5.88 Å². The highest BCUT2D eigenvalue weighted by molar-refractivity contribution is 9.50. The van der Waals surface area contributed by atoms with Gasteiger partial charge in [-0.25, -0.2) is 4.98 Å². The van der Waals surface area contributed by atoms with Gasteiger partial charge < -0.3 is 4.74 Å². The monoisotopic (exact) mass is 351 g/mol. The van der Waals surface area contributed by atoms with Gasteiger partial charge in [-0.2, -0.15) is 0 Å². The Morgan fingerprint density at radius 2 is 1.95 bits per heavy atom. The number of pyridine rings is 1. The van der Waals surface area contributed by atoms with Crippen LogP contribution in [0.1, 0.15) is 22.3 Å². The topological polar surface area (TPSA) is 39.2 Å². The standard InChI is InChI=1S/C15H14BrNO2S/c16-20-10-4-9-19-14-8-7-13(11-17-14)15(18)12-5-2-1-3-6-12/h1-3,5-8,11H,4,9-10H2. The van der Waals surface area contributed by atoms with Gasteiger partial charge in [0, 0.05) is 29.1 Å². The number of hydrogen-bond acceptors (Lipinski definition) is 4. The van der Waals surface area contributed by atoms with Crippen LogP contribution < -0.4 is 4.74 Å². The molecule has 0 spiro atoms. The van der Waals surface area contributed by atoms with E-state index in [2.05, 4.69) is 19.8 Å². The third-order valence-electron chi connectivity index (χ3n) is 2.65. The highest BCUT2D eigenvalue weighted by Gasteiger charge is 2.08. The molecule has 0 N–H and O–H groups in total. The predicted octanol–water partition coefficient (Wildman–Crippen LogP) is 4.12. The van der Waals surface area contributed by atoms with Crippen LogP contribution in [0.3, 0.4) is 0 Å². The summed E-state index contributed by atoms with van der Waals surface area (Å²) < 4.78 is 5.49. The molecule has 0 fully saturated rings. The Hall–Kier alpha value is -1.33. The van der Waals surface area contributed by atoms with E-state index < -0.39 is 0 Å². The molecule has 1 heterocycles. The van der Waals surface area contributed by atoms with Gasteiger partial charge in [-0.3, -0.25) is 4.79 Å². The van der Waals surface area contributed by atoms with Gasteiger partial charge in [0.2, 0.25) is 5.88 Å². The molecule has 0 unspecified atom stereocenters. The number of carbonyl (C=O) groups excluding carboxylic acids is 1. The quantitative estimate of drug-likeness (QED) is 0.555. The first-order valence-electron chi connectivity index (χ1n) is 6.23. The Morgan fingerprint density at radius 1 is 1.15 bits per heavy atom. The van der Waals surface area contributed by atoms with Gasteiger partial charge in [-0.1, -0.05) is 40.5 Å². The molecule has 5 heteroatoms. The van der Waals surface area contributed by atoms with Crippen molar-refractivity contribution in [3.05, 3.63) is 59.8 Å². The second-order valence-corrected chi connectivity index (χ2v) is 6.10. The van der Waals surface area contributed by atoms with Crippen LogP contribution in [0.15, 0.2) is 48.7 Å². The second kappa shape index (κ2) is 8.07. The van der Waals surface area contributed by atoms with Crippen molar-refractivity contribution in [1.29, 1.82) is 0 Å². The minimum absolute atomic E-state index is 0.0275. The van der Waals surface area contributed by atoms with Crippen LogP contribution in [0.25, 0.3) is 0 Å². The Balaban J connectivity index is 1.96. The van der Waals surface area contributed by atoms with Crippen molar-refractivity contribution in [3.8, 4) is 5.88 Å². The highest BCUT2D eigenvalue weighted by Crippen LogP contribution is 2.14. The zero-order valence-corrected chi connectivity index (χ0v) is 13.2. The average molecular weight is 352 g/mol. The van der Waals surface area contributed by atoms with Gasteiger partial charge in [-0.15, -0.1) is 0 Å². The minimum Gasteiger partial charge on any atom is -0.478 e. The molecule has 3 nitrogen and oxygen atoms in total. The summed E-state index contributed by atoms with van der Waals surface area (Å²) in [5.41, 5.74) is 1.23. The average Bonchev–Trinajstić information content (AvgIpc) is 2.52. The van der Waals surface area contributed by atoms with Crippen LogP contribution >= 0.6 is 25.0 Å². The number of nitrogens with zero attached hydrogens (tertiary/aromatic N) is 1. The molecule has 20 heavy (non-hydrogen) atoms. The van der Waals surface area contributed by atoms with Gasteiger partial charge in [0.25, 0.3) is 0 Å². The van der Waals surface area contributed by atoms with Crippen LogP contribution in [-0.2, 0) is 0 Å². The molecule has 2 rings (SSSR count). The fraction of sp³-hybridized carbons (Fsp3) is 0.200. The summed E-state index contributed by atoms with van der Waals surface area (Å²) in [5.74, 6) is 1.51. The number of hydrogen-bond donors (Lipinski definition) is 0. The van der Waals surface area contributed by atoms with Crippen molar-refractivity contribution in [2.75, 3.05) is 12.4 Å². The first-order chi connectivity index (χ1) is 9.81. The summed E-state index contributed by atoms with van der Waals surface area (Å²) in [6.07, 6.45) is 2.51. The lowest BCUT2D eigenvalue weighted by atomic mass is 10.1. The molecule has 1 aromatic carbocycles. The summed E-state index contributed by atoms with van der Waals surface area (Å²) in [7, 11) is 1.61. The Labute approximate surface area is 130 Å². The summed E-state index contributed by atoms with van der Waals surface area (Å²) in [6.45, 7) is 0.623. The SMILES string of the molecule is O=C(c1ccccc1)c1ccc(OCCCSBr)nc1. The number of rotatable bonds is 7. The highest BCUT2D eigenvalue weighted by atomic mass is 79.9. The third-order valence-corrected chi connectivity index (χ3v) is 4.06. The molecule has 104 valence electrons. The van der Waals surface area contributed by atoms with Crippen LogP contribution in [0.2, 0.25) is 0 Å². The molecule has 0 bridgehead atoms. The fourth-order valence-corrected chi connectivity index (χ4v) is 2.56. The first kappa shape index (κ1) is 15.1. The number of aromatic nitrogens is 1. The van der Waals surface area contributed by atoms with Crippen molar-refractivity contribution in [2.45, 2.75) is 6.42 Å². The second-order valence-electron chi connectivity index (χ2n) is 4.10. The zero-order chi connectivity index (χ0) is 14.2. The van der Waals surface area contributed by atoms with E-state index in [0.717, 1.165) is 12.2 Å². The van der Waals surface area contributed by atoms with E-state index in [9.17, 15) is 4.79 Å². The summed E-state index contributed by atoms with van der Waals surface area (Å²) in [6, 6.07) is 12.7. The normalized spacial score (nSPS) is 10.2. The molecule has 0 aliphatic carbocycles. The molecule has 0 aliphatic rings. The number of ether oxygens (including phenoxy) is 1. The van der Waals surface area contributed by atoms with Crippen LogP contribution in [0.4, 0.5) is 0 Å². The van der Waals surface area contributed by atoms with Crippen molar-refractivity contribution in [3.63, 3.8) is 0 Å². The molecule has 0 amide bonds. The van der Waals surface area contributed by atoms with Crippen molar-refractivity contribution in [1.82, 2.24) is 4.98 Å². The molecule has 0 saturated carbocycles. The van der Waals surface area contributed by atoms with E-state index >= 15 is 0 Å². The Morgan fingerprint density at radius 3 is 2.60 bits per heavy atom. The smallest absolute Gasteiger partial charge is 0.213 e. The lowest BCUT2D eigenvalue weighted by Crippen LogP contribution is -2.03. The molecule has 0 saturated heterocycles. The van der Waals surface area contributed by atoms with Gasteiger partial charge in [0.15, 0.2) is 5.78 Å². The molecule has 0 atom stereocenters. The molecule has 1 aromatic heterocycles. The zero-order valence-electron chi connectivity index (χ0n) is 10.8. The maximum absolute atomic E-state index is 12.2. The van der Waals surface area contributed by atoms with E-state index in [1.807, 2.05) is 18.2 Å². The maximum Gasteiger partial charge on any atom is 0.213 e. The lowest BCUT2D eigenvalue weighted by molar-refractivity contribution is 0.103. The largest absolute Gasteiger partial charge is 0.478 e. The van der Waals surface area contributed by atoms with Crippen molar-refractivity contribution >= 4 is 30.8 Å². The maximum atomic E-state index is 12.2. The molecular formula is C15H14BrNO2S. The van der Waals surface area contributed by atoms with Crippen LogP contribution in [-0.4, -0.2) is 23.1 Å². The summed E-state index contributed by atoms with van der Waals surface area (Å²) in [4.78, 5) is 16.3. The Bertz CT molecular complexity index is 546. The summed E-state index contributed by atoms with van der Waals surface area (Å²) in [5, 5.41) is 0. The van der Waals surface area contributed by atoms with Gasteiger partial charge in [-0.05, 0) is 27.3 Å². The first-order valence-corrected chi connectivity index (χ1v) is 9.06. The third kappa shape index (κ3) is 4.35. The summed E-state index contributed by atoms with van der Waals surface area (Å²) >= 11 is 3.29. The van der Waals surface area contributed by atoms with E-state index in [-0.39, 0.29) is 5.78 Å². The van der Waals surface area contributed by atoms with Crippen LogP contribution in [0, 0.1) is 0 Å². The van der Waals surface area contributed by atoms with Crippen molar-refractivity contribution in [2.24, 2.45) is 0 Å². The molecule has 2 aromatic rings. The van der Waals surface area contributed by atoms with E-state index in [4.69, 9.17) is 4.74 Å². The predicted molar refractivity (Wildman–Crippen MR) is 85.6 cm³/mol. The van der Waals surface area contributed by atoms with Crippen molar-refractivity contribution < 1.29 is 9.53 Å². The lowest BCUT2D eigenvalue weighted by Gasteiger charge is -2.05.